The molecule has 0 aliphatic rings. The van der Waals surface area contributed by atoms with E-state index in [9.17, 15) is 18.7 Å². The first-order valence-electron chi connectivity index (χ1n) is 9.65. The molecule has 0 aromatic carbocycles. The Morgan fingerprint density at radius 1 is 1.21 bits per heavy atom. The van der Waals surface area contributed by atoms with Crippen LogP contribution in [0.25, 0.3) is 0 Å². The molecule has 0 radical (unpaired) electrons. The summed E-state index contributed by atoms with van der Waals surface area (Å²) in [5.74, 6) is -2.05. The van der Waals surface area contributed by atoms with E-state index in [-0.39, 0.29) is 18.5 Å². The lowest BCUT2D eigenvalue weighted by molar-refractivity contribution is -0.119. The number of hydrogen-bond acceptors (Lipinski definition) is 3. The van der Waals surface area contributed by atoms with Crippen LogP contribution in [0.2, 0.25) is 23.7 Å². The second-order valence-electron chi connectivity index (χ2n) is 7.16. The van der Waals surface area contributed by atoms with Crippen LogP contribution >= 0.6 is 15.9 Å². The summed E-state index contributed by atoms with van der Waals surface area (Å²) in [5, 5.41) is 9.34. The number of hydrogen-bond donors (Lipinski definition) is 2. The van der Waals surface area contributed by atoms with Gasteiger partial charge in [0.25, 0.3) is 0 Å². The summed E-state index contributed by atoms with van der Waals surface area (Å²) in [4.78, 5) is 16.2. The van der Waals surface area contributed by atoms with Crippen LogP contribution in [0.3, 0.4) is 0 Å². The fourth-order valence-electron chi connectivity index (χ4n) is 4.03. The summed E-state index contributed by atoms with van der Waals surface area (Å²) in [6.07, 6.45) is -4.07. The van der Waals surface area contributed by atoms with Crippen molar-refractivity contribution in [1.82, 2.24) is 4.98 Å². The first-order chi connectivity index (χ1) is 13.2. The lowest BCUT2D eigenvalue weighted by atomic mass is 9.96. The highest BCUT2D eigenvalue weighted by molar-refractivity contribution is 9.10. The summed E-state index contributed by atoms with van der Waals surface area (Å²) in [6.45, 7) is 5.18. The lowest BCUT2D eigenvalue weighted by Gasteiger charge is -2.37. The van der Waals surface area contributed by atoms with Crippen molar-refractivity contribution in [2.24, 2.45) is 5.73 Å². The molecule has 2 unspecified atom stereocenters. The zero-order valence-electron chi connectivity index (χ0n) is 16.6. The SMILES string of the molecule is CC[Si](CC)(CC)[C@@H](C(N)=O)C(F)CCc1ccc(Br)nc1C(CO)C(F)F. The summed E-state index contributed by atoms with van der Waals surface area (Å²) in [7, 11) is -2.21. The van der Waals surface area contributed by atoms with E-state index in [0.29, 0.717) is 10.2 Å². The van der Waals surface area contributed by atoms with Crippen molar-refractivity contribution in [3.8, 4) is 0 Å². The van der Waals surface area contributed by atoms with Crippen LogP contribution in [0.5, 0.6) is 0 Å². The van der Waals surface area contributed by atoms with Gasteiger partial charge in [0.05, 0.1) is 31.8 Å². The normalized spacial score (nSPS) is 15.5. The molecule has 0 saturated heterocycles. The monoisotopic (exact) mass is 482 g/mol. The van der Waals surface area contributed by atoms with Gasteiger partial charge in [0.15, 0.2) is 0 Å². The zero-order chi connectivity index (χ0) is 21.5. The van der Waals surface area contributed by atoms with Crippen LogP contribution in [0, 0.1) is 0 Å². The molecule has 0 fully saturated rings. The first kappa shape index (κ1) is 25.1. The second-order valence-corrected chi connectivity index (χ2v) is 13.4. The number of nitrogens with two attached hydrogens (primary N) is 1. The topological polar surface area (TPSA) is 76.2 Å². The standard InChI is InChI=1S/C19H30BrF3N2O2Si/c1-4-28(5-2,6-3)17(19(24)27)14(21)9-7-12-8-10-15(20)25-16(12)13(11-26)18(22)23/h8,10,13-14,17-18,26H,4-7,9,11H2,1-3H3,(H2,24,27)/t13?,14?,17-/m1/s1. The van der Waals surface area contributed by atoms with E-state index in [0.717, 1.165) is 18.1 Å². The summed E-state index contributed by atoms with van der Waals surface area (Å²) in [6, 6.07) is 5.49. The predicted octanol–water partition coefficient (Wildman–Crippen LogP) is 4.82. The highest BCUT2D eigenvalue weighted by Gasteiger charge is 2.44. The maximum Gasteiger partial charge on any atom is 0.249 e. The van der Waals surface area contributed by atoms with Gasteiger partial charge in [-0.15, -0.1) is 0 Å². The minimum absolute atomic E-state index is 0.0000553. The van der Waals surface area contributed by atoms with E-state index in [1.165, 1.54) is 0 Å². The van der Waals surface area contributed by atoms with Crippen LogP contribution in [-0.4, -0.2) is 43.3 Å². The van der Waals surface area contributed by atoms with Crippen molar-refractivity contribution in [3.63, 3.8) is 0 Å². The van der Waals surface area contributed by atoms with Gasteiger partial charge in [0.2, 0.25) is 12.3 Å². The Morgan fingerprint density at radius 3 is 2.21 bits per heavy atom. The Labute approximate surface area is 174 Å². The maximum atomic E-state index is 15.2. The Bertz CT molecular complexity index is 639. The van der Waals surface area contributed by atoms with Crippen LogP contribution < -0.4 is 5.73 Å². The number of amides is 1. The number of carbonyl (C=O) groups is 1. The number of primary amides is 1. The molecular formula is C19H30BrF3N2O2Si. The third-order valence-electron chi connectivity index (χ3n) is 5.96. The molecule has 0 aliphatic heterocycles. The van der Waals surface area contributed by atoms with E-state index >= 15 is 4.39 Å². The molecular weight excluding hydrogens is 453 g/mol. The van der Waals surface area contributed by atoms with Crippen LogP contribution in [0.4, 0.5) is 13.2 Å². The summed E-state index contributed by atoms with van der Waals surface area (Å²) in [5.41, 5.74) is 5.29. The van der Waals surface area contributed by atoms with Gasteiger partial charge in [-0.2, -0.15) is 0 Å². The van der Waals surface area contributed by atoms with Gasteiger partial charge in [0.1, 0.15) is 10.8 Å². The molecule has 9 heteroatoms. The average Bonchev–Trinajstić information content (AvgIpc) is 2.65. The largest absolute Gasteiger partial charge is 0.395 e. The van der Waals surface area contributed by atoms with E-state index in [2.05, 4.69) is 20.9 Å². The average molecular weight is 483 g/mol. The molecule has 0 bridgehead atoms. The van der Waals surface area contributed by atoms with E-state index in [1.807, 2.05) is 20.8 Å². The molecule has 0 saturated carbocycles. The highest BCUT2D eigenvalue weighted by atomic mass is 79.9. The molecule has 28 heavy (non-hydrogen) atoms. The van der Waals surface area contributed by atoms with Gasteiger partial charge in [-0.25, -0.2) is 18.2 Å². The number of pyridine rings is 1. The van der Waals surface area contributed by atoms with Gasteiger partial charge >= 0.3 is 0 Å². The van der Waals surface area contributed by atoms with Crippen molar-refractivity contribution < 1.29 is 23.1 Å². The number of aliphatic hydroxyl groups is 1. The number of rotatable bonds is 12. The van der Waals surface area contributed by atoms with Gasteiger partial charge in [-0.3, -0.25) is 4.79 Å². The lowest BCUT2D eigenvalue weighted by Crippen LogP contribution is -2.48. The van der Waals surface area contributed by atoms with Crippen molar-refractivity contribution in [3.05, 3.63) is 28.0 Å². The molecule has 1 heterocycles. The van der Waals surface area contributed by atoms with E-state index in [4.69, 9.17) is 5.73 Å². The first-order valence-corrected chi connectivity index (χ1v) is 13.1. The molecule has 4 nitrogen and oxygen atoms in total. The van der Waals surface area contributed by atoms with Gasteiger partial charge in [-0.05, 0) is 40.4 Å². The molecule has 1 aromatic rings. The maximum absolute atomic E-state index is 15.2. The molecule has 1 rings (SSSR count). The highest BCUT2D eigenvalue weighted by Crippen LogP contribution is 2.39. The smallest absolute Gasteiger partial charge is 0.249 e. The fourth-order valence-corrected chi connectivity index (χ4v) is 8.71. The molecule has 0 spiro atoms. The fraction of sp³-hybridized carbons (Fsp3) is 0.684. The second kappa shape index (κ2) is 11.3. The number of halogens is 4. The Morgan fingerprint density at radius 2 is 1.79 bits per heavy atom. The molecule has 3 N–H and O–H groups in total. The number of aromatic nitrogens is 1. The number of carbonyl (C=O) groups excluding carboxylic acids is 1. The van der Waals surface area contributed by atoms with E-state index < -0.39 is 44.6 Å². The van der Waals surface area contributed by atoms with Crippen molar-refractivity contribution in [2.75, 3.05) is 6.61 Å². The minimum Gasteiger partial charge on any atom is -0.395 e. The van der Waals surface area contributed by atoms with Gasteiger partial charge < -0.3 is 10.8 Å². The minimum atomic E-state index is -2.79. The molecule has 3 atom stereocenters. The van der Waals surface area contributed by atoms with Crippen LogP contribution in [0.15, 0.2) is 16.7 Å². The predicted molar refractivity (Wildman–Crippen MR) is 111 cm³/mol. The summed E-state index contributed by atoms with van der Waals surface area (Å²) < 4.78 is 42.1. The van der Waals surface area contributed by atoms with Crippen LogP contribution in [-0.2, 0) is 11.2 Å². The van der Waals surface area contributed by atoms with E-state index in [1.54, 1.807) is 12.1 Å². The molecule has 0 aliphatic carbocycles. The third-order valence-corrected chi connectivity index (χ3v) is 12.6. The zero-order valence-corrected chi connectivity index (χ0v) is 19.2. The summed E-state index contributed by atoms with van der Waals surface area (Å²) >= 11 is 3.15. The number of aliphatic hydroxyl groups excluding tert-OH is 1. The number of aryl methyl sites for hydroxylation is 1. The number of nitrogens with zero attached hydrogens (tertiary/aromatic N) is 1. The quantitative estimate of drug-likeness (QED) is 0.331. The van der Waals surface area contributed by atoms with Gasteiger partial charge in [-0.1, -0.05) is 45.0 Å². The van der Waals surface area contributed by atoms with Gasteiger partial charge in [0, 0.05) is 0 Å². The third kappa shape index (κ3) is 5.79. The Balaban J connectivity index is 3.11. The van der Waals surface area contributed by atoms with Crippen molar-refractivity contribution >= 4 is 29.9 Å². The molecule has 1 amide bonds. The van der Waals surface area contributed by atoms with Crippen molar-refractivity contribution in [2.45, 2.75) is 75.8 Å². The molecule has 160 valence electrons. The number of alkyl halides is 3. The Hall–Kier alpha value is -0.933. The Kier molecular flexibility index (Phi) is 10.1. The molecule has 1 aromatic heterocycles. The van der Waals surface area contributed by atoms with Crippen LogP contribution in [0.1, 0.15) is 44.4 Å². The van der Waals surface area contributed by atoms with Crippen molar-refractivity contribution in [1.29, 1.82) is 0 Å².